The van der Waals surface area contributed by atoms with E-state index in [1.54, 1.807) is 0 Å². The van der Waals surface area contributed by atoms with E-state index in [2.05, 4.69) is 20.3 Å². The first-order valence-electron chi connectivity index (χ1n) is 6.97. The van der Waals surface area contributed by atoms with Gasteiger partial charge in [-0.25, -0.2) is 9.97 Å². The molecular formula is C15H16N4O2S. The van der Waals surface area contributed by atoms with Crippen LogP contribution in [-0.4, -0.2) is 32.6 Å². The number of hydrogen-bond donors (Lipinski definition) is 3. The fraction of sp³-hybridized carbons (Fsp3) is 0.267. The van der Waals surface area contributed by atoms with Crippen LogP contribution in [0.4, 0.5) is 5.13 Å². The van der Waals surface area contributed by atoms with Crippen LogP contribution in [0.2, 0.25) is 0 Å². The predicted octanol–water partition coefficient (Wildman–Crippen LogP) is 2.61. The maximum Gasteiger partial charge on any atom is 0.308 e. The molecule has 7 heteroatoms. The maximum atomic E-state index is 10.8. The molecule has 0 aliphatic rings. The number of carboxylic acid groups (broad SMARTS) is 1. The van der Waals surface area contributed by atoms with Crippen LogP contribution in [0.5, 0.6) is 0 Å². The molecule has 2 heterocycles. The van der Waals surface area contributed by atoms with Crippen LogP contribution in [0.1, 0.15) is 16.4 Å². The molecule has 0 bridgehead atoms. The molecule has 0 aliphatic carbocycles. The topological polar surface area (TPSA) is 90.9 Å². The van der Waals surface area contributed by atoms with Gasteiger partial charge in [0, 0.05) is 17.8 Å². The predicted molar refractivity (Wildman–Crippen MR) is 86.5 cm³/mol. The lowest BCUT2D eigenvalue weighted by Crippen LogP contribution is -2.05. The first kappa shape index (κ1) is 14.5. The third kappa shape index (κ3) is 3.25. The number of nitrogens with zero attached hydrogens (tertiary/aromatic N) is 2. The zero-order valence-corrected chi connectivity index (χ0v) is 12.9. The number of carboxylic acids is 1. The molecule has 22 heavy (non-hydrogen) atoms. The summed E-state index contributed by atoms with van der Waals surface area (Å²) in [4.78, 5) is 23.7. The van der Waals surface area contributed by atoms with Gasteiger partial charge in [-0.15, -0.1) is 11.3 Å². The minimum absolute atomic E-state index is 0.0226. The van der Waals surface area contributed by atoms with Crippen LogP contribution >= 0.6 is 11.3 Å². The van der Waals surface area contributed by atoms with Gasteiger partial charge in [-0.3, -0.25) is 4.79 Å². The van der Waals surface area contributed by atoms with Crippen LogP contribution < -0.4 is 5.32 Å². The van der Waals surface area contributed by atoms with Gasteiger partial charge in [-0.1, -0.05) is 12.1 Å². The van der Waals surface area contributed by atoms with E-state index in [0.29, 0.717) is 6.54 Å². The molecule has 3 N–H and O–H groups in total. The van der Waals surface area contributed by atoms with Crippen molar-refractivity contribution in [2.75, 3.05) is 11.9 Å². The Kier molecular flexibility index (Phi) is 4.06. The molecule has 114 valence electrons. The smallest absolute Gasteiger partial charge is 0.308 e. The highest BCUT2D eigenvalue weighted by molar-refractivity contribution is 7.15. The first-order chi connectivity index (χ1) is 10.6. The Morgan fingerprint density at radius 2 is 2.18 bits per heavy atom. The molecule has 0 atom stereocenters. The zero-order valence-electron chi connectivity index (χ0n) is 12.1. The number of aromatic nitrogens is 3. The highest BCUT2D eigenvalue weighted by Crippen LogP contribution is 2.23. The summed E-state index contributed by atoms with van der Waals surface area (Å²) in [7, 11) is 0. The Morgan fingerprint density at radius 3 is 2.95 bits per heavy atom. The van der Waals surface area contributed by atoms with Crippen molar-refractivity contribution < 1.29 is 9.90 Å². The normalized spacial score (nSPS) is 11.0. The van der Waals surface area contributed by atoms with E-state index >= 15 is 0 Å². The lowest BCUT2D eigenvalue weighted by molar-refractivity contribution is -0.136. The van der Waals surface area contributed by atoms with E-state index in [1.165, 1.54) is 11.3 Å². The number of anilines is 1. The minimum Gasteiger partial charge on any atom is -0.481 e. The molecule has 0 unspecified atom stereocenters. The summed E-state index contributed by atoms with van der Waals surface area (Å²) in [5.74, 6) is 0.0910. The fourth-order valence-corrected chi connectivity index (χ4v) is 3.20. The van der Waals surface area contributed by atoms with E-state index in [9.17, 15) is 4.79 Å². The summed E-state index contributed by atoms with van der Waals surface area (Å²) in [6, 6.07) is 7.92. The van der Waals surface area contributed by atoms with Crippen LogP contribution in [0.15, 0.2) is 24.3 Å². The van der Waals surface area contributed by atoms with Gasteiger partial charge >= 0.3 is 5.97 Å². The second-order valence-corrected chi connectivity index (χ2v) is 6.06. The molecule has 1 aromatic carbocycles. The Hall–Kier alpha value is -2.41. The lowest BCUT2D eigenvalue weighted by Gasteiger charge is -1.99. The van der Waals surface area contributed by atoms with Gasteiger partial charge in [0.05, 0.1) is 23.1 Å². The monoisotopic (exact) mass is 316 g/mol. The molecule has 0 spiro atoms. The molecule has 0 saturated heterocycles. The second kappa shape index (κ2) is 6.15. The number of aliphatic carboxylic acids is 1. The quantitative estimate of drug-likeness (QED) is 0.650. The van der Waals surface area contributed by atoms with Crippen molar-refractivity contribution in [1.29, 1.82) is 0 Å². The fourth-order valence-electron chi connectivity index (χ4n) is 2.22. The van der Waals surface area contributed by atoms with Crippen LogP contribution in [0.3, 0.4) is 0 Å². The molecule has 3 aromatic rings. The number of carbonyl (C=O) groups is 1. The van der Waals surface area contributed by atoms with Gasteiger partial charge in [-0.2, -0.15) is 0 Å². The van der Waals surface area contributed by atoms with E-state index in [-0.39, 0.29) is 6.42 Å². The summed E-state index contributed by atoms with van der Waals surface area (Å²) in [6.45, 7) is 2.53. The number of aromatic amines is 1. The van der Waals surface area contributed by atoms with Crippen LogP contribution in [0, 0.1) is 6.92 Å². The molecule has 0 fully saturated rings. The van der Waals surface area contributed by atoms with Gasteiger partial charge < -0.3 is 15.4 Å². The van der Waals surface area contributed by atoms with Crippen LogP contribution in [0.25, 0.3) is 11.0 Å². The van der Waals surface area contributed by atoms with Crippen molar-refractivity contribution in [3.8, 4) is 0 Å². The zero-order chi connectivity index (χ0) is 15.5. The average Bonchev–Trinajstić information content (AvgIpc) is 3.02. The molecule has 3 rings (SSSR count). The van der Waals surface area contributed by atoms with Gasteiger partial charge in [0.2, 0.25) is 0 Å². The van der Waals surface area contributed by atoms with Crippen molar-refractivity contribution in [3.05, 3.63) is 40.7 Å². The van der Waals surface area contributed by atoms with Gasteiger partial charge in [0.25, 0.3) is 0 Å². The molecule has 6 nitrogen and oxygen atoms in total. The number of para-hydroxylation sites is 2. The number of thiazole rings is 1. The number of benzene rings is 1. The van der Waals surface area contributed by atoms with E-state index < -0.39 is 5.97 Å². The van der Waals surface area contributed by atoms with E-state index in [0.717, 1.165) is 39.0 Å². The van der Waals surface area contributed by atoms with Crippen molar-refractivity contribution in [1.82, 2.24) is 15.0 Å². The van der Waals surface area contributed by atoms with Gasteiger partial charge in [0.1, 0.15) is 5.82 Å². The third-order valence-electron chi connectivity index (χ3n) is 3.28. The molecule has 0 radical (unpaired) electrons. The molecular weight excluding hydrogens is 300 g/mol. The number of hydrogen-bond acceptors (Lipinski definition) is 5. The van der Waals surface area contributed by atoms with E-state index in [4.69, 9.17) is 5.11 Å². The van der Waals surface area contributed by atoms with Crippen LogP contribution in [-0.2, 0) is 17.6 Å². The number of aryl methyl sites for hydroxylation is 1. The molecule has 2 aromatic heterocycles. The van der Waals surface area contributed by atoms with Crippen molar-refractivity contribution >= 4 is 33.5 Å². The highest BCUT2D eigenvalue weighted by Gasteiger charge is 2.10. The first-order valence-corrected chi connectivity index (χ1v) is 7.79. The van der Waals surface area contributed by atoms with E-state index in [1.807, 2.05) is 31.2 Å². The molecule has 0 saturated carbocycles. The number of rotatable bonds is 6. The van der Waals surface area contributed by atoms with Gasteiger partial charge in [-0.05, 0) is 19.1 Å². The lowest BCUT2D eigenvalue weighted by atomic mass is 10.3. The minimum atomic E-state index is -0.833. The Balaban J connectivity index is 1.59. The maximum absolute atomic E-state index is 10.8. The van der Waals surface area contributed by atoms with Crippen molar-refractivity contribution in [2.45, 2.75) is 19.8 Å². The second-order valence-electron chi connectivity index (χ2n) is 4.98. The third-order valence-corrected chi connectivity index (χ3v) is 4.40. The van der Waals surface area contributed by atoms with Crippen molar-refractivity contribution in [3.63, 3.8) is 0 Å². The standard InChI is InChI=1S/C15H16N4O2S/c1-9-12(8-14(20)21)22-15(17-9)16-7-6-13-18-10-4-2-3-5-11(10)19-13/h2-5H,6-8H2,1H3,(H,16,17)(H,18,19)(H,20,21). The summed E-state index contributed by atoms with van der Waals surface area (Å²) in [6.07, 6.45) is 0.774. The van der Waals surface area contributed by atoms with Crippen molar-refractivity contribution in [2.24, 2.45) is 0 Å². The number of fused-ring (bicyclic) bond motifs is 1. The summed E-state index contributed by atoms with van der Waals surface area (Å²) >= 11 is 1.39. The Labute approximate surface area is 131 Å². The Bertz CT molecular complexity index is 776. The molecule has 0 aliphatic heterocycles. The highest BCUT2D eigenvalue weighted by atomic mass is 32.1. The summed E-state index contributed by atoms with van der Waals surface area (Å²) < 4.78 is 0. The number of imidazole rings is 1. The SMILES string of the molecule is Cc1nc(NCCc2nc3ccccc3[nH]2)sc1CC(=O)O. The Morgan fingerprint density at radius 1 is 1.36 bits per heavy atom. The summed E-state index contributed by atoms with van der Waals surface area (Å²) in [5, 5.41) is 12.8. The largest absolute Gasteiger partial charge is 0.481 e. The van der Waals surface area contributed by atoms with Gasteiger partial charge in [0.15, 0.2) is 5.13 Å². The number of nitrogens with one attached hydrogen (secondary N) is 2. The molecule has 0 amide bonds. The number of H-pyrrole nitrogens is 1. The summed E-state index contributed by atoms with van der Waals surface area (Å²) in [5.41, 5.74) is 2.77. The average molecular weight is 316 g/mol.